The number of hydrogen-bond acceptors (Lipinski definition) is 4. The van der Waals surface area contributed by atoms with E-state index in [0.717, 1.165) is 25.3 Å². The molecule has 0 saturated carbocycles. The summed E-state index contributed by atoms with van der Waals surface area (Å²) in [5.74, 6) is -1.47. The van der Waals surface area contributed by atoms with Crippen molar-refractivity contribution >= 4 is 11.4 Å². The van der Waals surface area contributed by atoms with Crippen LogP contribution in [0.25, 0.3) is 0 Å². The molecular formula is C14H19F2N3O2. The third kappa shape index (κ3) is 3.12. The standard InChI is InChI=1S/C14H19F2N3O2/c1-2-9-3-4-18(11(5-9)8-17)13-7-10(15)6-12(16)14(13)19(20)21/h6-7,9,11H,2-5,8,17H2,1H3. The number of nitro benzene ring substituents is 1. The van der Waals surface area contributed by atoms with Gasteiger partial charge in [-0.25, -0.2) is 4.39 Å². The Morgan fingerprint density at radius 1 is 1.48 bits per heavy atom. The van der Waals surface area contributed by atoms with E-state index in [1.54, 1.807) is 4.90 Å². The van der Waals surface area contributed by atoms with Gasteiger partial charge in [0.2, 0.25) is 5.82 Å². The van der Waals surface area contributed by atoms with Gasteiger partial charge in [-0.05, 0) is 18.8 Å². The first kappa shape index (κ1) is 15.6. The number of benzene rings is 1. The van der Waals surface area contributed by atoms with Crippen LogP contribution in [-0.2, 0) is 0 Å². The topological polar surface area (TPSA) is 72.4 Å². The summed E-state index contributed by atoms with van der Waals surface area (Å²) in [6, 6.07) is 1.43. The summed E-state index contributed by atoms with van der Waals surface area (Å²) in [7, 11) is 0. The zero-order valence-corrected chi connectivity index (χ0v) is 11.9. The highest BCUT2D eigenvalue weighted by Gasteiger charge is 2.33. The minimum Gasteiger partial charge on any atom is -0.362 e. The number of piperidine rings is 1. The van der Waals surface area contributed by atoms with E-state index in [0.29, 0.717) is 25.1 Å². The predicted octanol–water partition coefficient (Wildman–Crippen LogP) is 2.83. The van der Waals surface area contributed by atoms with Crippen LogP contribution in [0.15, 0.2) is 12.1 Å². The van der Waals surface area contributed by atoms with Crippen molar-refractivity contribution in [1.29, 1.82) is 0 Å². The summed E-state index contributed by atoms with van der Waals surface area (Å²) in [6.07, 6.45) is 2.62. The summed E-state index contributed by atoms with van der Waals surface area (Å²) >= 11 is 0. The van der Waals surface area contributed by atoms with Gasteiger partial charge in [-0.1, -0.05) is 13.3 Å². The van der Waals surface area contributed by atoms with E-state index in [2.05, 4.69) is 6.92 Å². The molecule has 0 amide bonds. The summed E-state index contributed by atoms with van der Waals surface area (Å²) in [5.41, 5.74) is 5.06. The third-order valence-corrected chi connectivity index (χ3v) is 4.17. The molecular weight excluding hydrogens is 280 g/mol. The van der Waals surface area contributed by atoms with E-state index in [1.165, 1.54) is 0 Å². The number of hydrogen-bond donors (Lipinski definition) is 1. The van der Waals surface area contributed by atoms with Crippen LogP contribution < -0.4 is 10.6 Å². The number of rotatable bonds is 4. The zero-order chi connectivity index (χ0) is 15.6. The molecule has 1 aliphatic rings. The van der Waals surface area contributed by atoms with Crippen molar-refractivity contribution in [3.63, 3.8) is 0 Å². The lowest BCUT2D eigenvalue weighted by Gasteiger charge is -2.40. The highest BCUT2D eigenvalue weighted by Crippen LogP contribution is 2.37. The molecule has 116 valence electrons. The Morgan fingerprint density at radius 2 is 2.19 bits per heavy atom. The van der Waals surface area contributed by atoms with E-state index in [-0.39, 0.29) is 11.7 Å². The van der Waals surface area contributed by atoms with Crippen LogP contribution >= 0.6 is 0 Å². The Bertz CT molecular complexity index is 539. The summed E-state index contributed by atoms with van der Waals surface area (Å²) < 4.78 is 27.2. The maximum Gasteiger partial charge on any atom is 0.328 e. The van der Waals surface area contributed by atoms with Crippen molar-refractivity contribution in [2.75, 3.05) is 18.0 Å². The van der Waals surface area contributed by atoms with Crippen molar-refractivity contribution in [3.05, 3.63) is 33.9 Å². The van der Waals surface area contributed by atoms with E-state index < -0.39 is 22.2 Å². The molecule has 0 aromatic heterocycles. The number of halogens is 2. The number of nitrogens with two attached hydrogens (primary N) is 1. The molecule has 0 radical (unpaired) electrons. The second-order valence-corrected chi connectivity index (χ2v) is 5.39. The van der Waals surface area contributed by atoms with Crippen LogP contribution in [0.5, 0.6) is 0 Å². The van der Waals surface area contributed by atoms with E-state index in [1.807, 2.05) is 0 Å². The van der Waals surface area contributed by atoms with Crippen LogP contribution in [0.3, 0.4) is 0 Å². The van der Waals surface area contributed by atoms with Gasteiger partial charge in [0.1, 0.15) is 11.5 Å². The molecule has 2 rings (SSSR count). The molecule has 2 unspecified atom stereocenters. The first-order valence-electron chi connectivity index (χ1n) is 7.08. The number of nitrogens with zero attached hydrogens (tertiary/aromatic N) is 2. The van der Waals surface area contributed by atoms with Crippen molar-refractivity contribution in [3.8, 4) is 0 Å². The third-order valence-electron chi connectivity index (χ3n) is 4.17. The lowest BCUT2D eigenvalue weighted by molar-refractivity contribution is -0.386. The lowest BCUT2D eigenvalue weighted by Crippen LogP contribution is -2.47. The fourth-order valence-corrected chi connectivity index (χ4v) is 3.00. The Balaban J connectivity index is 2.42. The summed E-state index contributed by atoms with van der Waals surface area (Å²) in [4.78, 5) is 12.0. The SMILES string of the molecule is CCC1CCN(c2cc(F)cc(F)c2[N+](=O)[O-])C(CN)C1. The molecule has 1 saturated heterocycles. The Kier molecular flexibility index (Phi) is 4.72. The normalized spacial score (nSPS) is 22.4. The summed E-state index contributed by atoms with van der Waals surface area (Å²) in [5, 5.41) is 11.1. The van der Waals surface area contributed by atoms with Gasteiger partial charge in [0.25, 0.3) is 0 Å². The Morgan fingerprint density at radius 3 is 2.76 bits per heavy atom. The molecule has 2 atom stereocenters. The molecule has 1 fully saturated rings. The van der Waals surface area contributed by atoms with E-state index in [4.69, 9.17) is 5.73 Å². The van der Waals surface area contributed by atoms with Crippen LogP contribution in [0.4, 0.5) is 20.2 Å². The molecule has 0 aliphatic carbocycles. The van der Waals surface area contributed by atoms with Gasteiger partial charge in [0, 0.05) is 31.3 Å². The average molecular weight is 299 g/mol. The first-order valence-corrected chi connectivity index (χ1v) is 7.08. The minimum atomic E-state index is -1.15. The van der Waals surface area contributed by atoms with E-state index >= 15 is 0 Å². The largest absolute Gasteiger partial charge is 0.362 e. The molecule has 0 spiro atoms. The molecule has 1 aromatic rings. The van der Waals surface area contributed by atoms with Crippen LogP contribution in [0.2, 0.25) is 0 Å². The molecule has 7 heteroatoms. The van der Waals surface area contributed by atoms with Gasteiger partial charge in [0.05, 0.1) is 4.92 Å². The smallest absolute Gasteiger partial charge is 0.328 e. The first-order chi connectivity index (χ1) is 9.97. The molecule has 21 heavy (non-hydrogen) atoms. The average Bonchev–Trinajstić information content (AvgIpc) is 2.45. The molecule has 1 aliphatic heterocycles. The highest BCUT2D eigenvalue weighted by molar-refractivity contribution is 5.65. The zero-order valence-electron chi connectivity index (χ0n) is 11.9. The van der Waals surface area contributed by atoms with Crippen LogP contribution in [0, 0.1) is 27.7 Å². The minimum absolute atomic E-state index is 0.0116. The van der Waals surface area contributed by atoms with Crippen molar-refractivity contribution in [2.24, 2.45) is 11.7 Å². The van der Waals surface area contributed by atoms with Gasteiger partial charge in [-0.15, -0.1) is 0 Å². The molecule has 0 bridgehead atoms. The van der Waals surface area contributed by atoms with Crippen molar-refractivity contribution in [1.82, 2.24) is 0 Å². The van der Waals surface area contributed by atoms with E-state index in [9.17, 15) is 18.9 Å². The summed E-state index contributed by atoms with van der Waals surface area (Å²) in [6.45, 7) is 2.90. The fraction of sp³-hybridized carbons (Fsp3) is 0.571. The maximum atomic E-state index is 13.8. The van der Waals surface area contributed by atoms with Gasteiger partial charge in [-0.3, -0.25) is 10.1 Å². The Labute approximate surface area is 121 Å². The second-order valence-electron chi connectivity index (χ2n) is 5.39. The van der Waals surface area contributed by atoms with Crippen molar-refractivity contribution in [2.45, 2.75) is 32.2 Å². The number of nitro groups is 1. The molecule has 2 N–H and O–H groups in total. The van der Waals surface area contributed by atoms with Gasteiger partial charge in [-0.2, -0.15) is 4.39 Å². The molecule has 1 aromatic carbocycles. The van der Waals surface area contributed by atoms with Crippen LogP contribution in [-0.4, -0.2) is 24.1 Å². The highest BCUT2D eigenvalue weighted by atomic mass is 19.1. The second kappa shape index (κ2) is 6.34. The van der Waals surface area contributed by atoms with Gasteiger partial charge in [0.15, 0.2) is 0 Å². The maximum absolute atomic E-state index is 13.8. The van der Waals surface area contributed by atoms with Crippen LogP contribution in [0.1, 0.15) is 26.2 Å². The van der Waals surface area contributed by atoms with Gasteiger partial charge < -0.3 is 10.6 Å². The Hall–Kier alpha value is -1.76. The fourth-order valence-electron chi connectivity index (χ4n) is 3.00. The predicted molar refractivity (Wildman–Crippen MR) is 76.2 cm³/mol. The number of anilines is 1. The lowest BCUT2D eigenvalue weighted by atomic mass is 9.88. The van der Waals surface area contributed by atoms with Crippen molar-refractivity contribution < 1.29 is 13.7 Å². The molecule has 1 heterocycles. The monoisotopic (exact) mass is 299 g/mol. The quantitative estimate of drug-likeness (QED) is 0.685. The molecule has 5 nitrogen and oxygen atoms in total. The van der Waals surface area contributed by atoms with Gasteiger partial charge >= 0.3 is 5.69 Å².